The predicted molar refractivity (Wildman–Crippen MR) is 76.6 cm³/mol. The number of nitrogens with one attached hydrogen (secondary N) is 1. The Labute approximate surface area is 119 Å². The van der Waals surface area contributed by atoms with E-state index >= 15 is 0 Å². The van der Waals surface area contributed by atoms with Crippen molar-refractivity contribution in [1.29, 1.82) is 0 Å². The monoisotopic (exact) mass is 289 g/mol. The summed E-state index contributed by atoms with van der Waals surface area (Å²) in [5.74, 6) is -1.31. The number of nitro benzene ring substituents is 1. The number of carbonyl (C=O) groups excluding carboxylic acids is 1. The maximum Gasteiger partial charge on any atom is 0.292 e. The Morgan fingerprint density at radius 3 is 2.71 bits per heavy atom. The highest BCUT2D eigenvalue weighted by molar-refractivity contribution is 6.08. The minimum Gasteiger partial charge on any atom is -0.393 e. The molecule has 0 aliphatic heterocycles. The van der Waals surface area contributed by atoms with Gasteiger partial charge in [-0.15, -0.1) is 0 Å². The average molecular weight is 289 g/mol. The maximum absolute atomic E-state index is 13.6. The van der Waals surface area contributed by atoms with Gasteiger partial charge in [-0.3, -0.25) is 14.9 Å². The van der Waals surface area contributed by atoms with Crippen LogP contribution in [0.2, 0.25) is 0 Å². The third kappa shape index (κ3) is 2.97. The van der Waals surface area contributed by atoms with Gasteiger partial charge >= 0.3 is 0 Å². The van der Waals surface area contributed by atoms with E-state index in [-0.39, 0.29) is 22.6 Å². The summed E-state index contributed by atoms with van der Waals surface area (Å²) in [4.78, 5) is 22.2. The Hall–Kier alpha value is -2.96. The first kappa shape index (κ1) is 14.4. The van der Waals surface area contributed by atoms with Gasteiger partial charge in [0.25, 0.3) is 11.6 Å². The molecule has 0 fully saturated rings. The van der Waals surface area contributed by atoms with E-state index in [1.807, 2.05) is 0 Å². The van der Waals surface area contributed by atoms with Gasteiger partial charge in [0.05, 0.1) is 16.2 Å². The zero-order chi connectivity index (χ0) is 15.6. The van der Waals surface area contributed by atoms with Gasteiger partial charge in [0.15, 0.2) is 0 Å². The highest BCUT2D eigenvalue weighted by Crippen LogP contribution is 2.26. The van der Waals surface area contributed by atoms with Crippen molar-refractivity contribution in [2.75, 3.05) is 11.1 Å². The zero-order valence-corrected chi connectivity index (χ0v) is 11.1. The number of para-hydroxylation sites is 1. The van der Waals surface area contributed by atoms with E-state index in [9.17, 15) is 19.3 Å². The molecule has 2 rings (SSSR count). The van der Waals surface area contributed by atoms with Crippen molar-refractivity contribution < 1.29 is 14.1 Å². The fourth-order valence-electron chi connectivity index (χ4n) is 1.83. The van der Waals surface area contributed by atoms with E-state index in [0.717, 1.165) is 5.56 Å². The molecule has 0 radical (unpaired) electrons. The Bertz CT molecular complexity index is 731. The Balaban J connectivity index is 2.35. The standard InChI is InChI=1S/C14H12FN3O3/c1-8-5-6-10(15)11(7-8)17-14(19)9-3-2-4-12(13(9)16)18(20)21/h2-7H,16H2,1H3,(H,17,19). The van der Waals surface area contributed by atoms with Crippen LogP contribution in [0.15, 0.2) is 36.4 Å². The number of nitrogens with zero attached hydrogens (tertiary/aromatic N) is 1. The van der Waals surface area contributed by atoms with E-state index in [0.29, 0.717) is 0 Å². The van der Waals surface area contributed by atoms with Crippen molar-refractivity contribution in [3.63, 3.8) is 0 Å². The molecule has 108 valence electrons. The number of nitrogen functional groups attached to an aromatic ring is 1. The second-order valence-electron chi connectivity index (χ2n) is 4.43. The van der Waals surface area contributed by atoms with E-state index in [4.69, 9.17) is 5.73 Å². The highest BCUT2D eigenvalue weighted by Gasteiger charge is 2.19. The van der Waals surface area contributed by atoms with Gasteiger partial charge in [-0.1, -0.05) is 12.1 Å². The van der Waals surface area contributed by atoms with E-state index in [1.54, 1.807) is 13.0 Å². The number of amides is 1. The topological polar surface area (TPSA) is 98.3 Å². The van der Waals surface area contributed by atoms with Gasteiger partial charge in [-0.2, -0.15) is 0 Å². The van der Waals surface area contributed by atoms with E-state index in [2.05, 4.69) is 5.32 Å². The smallest absolute Gasteiger partial charge is 0.292 e. The number of halogens is 1. The van der Waals surface area contributed by atoms with Crippen molar-refractivity contribution in [3.8, 4) is 0 Å². The first-order valence-electron chi connectivity index (χ1n) is 6.00. The zero-order valence-electron chi connectivity index (χ0n) is 11.1. The number of hydrogen-bond acceptors (Lipinski definition) is 4. The SMILES string of the molecule is Cc1ccc(F)c(NC(=O)c2cccc([N+](=O)[O-])c2N)c1. The van der Waals surface area contributed by atoms with Gasteiger partial charge in [0.1, 0.15) is 11.5 Å². The quantitative estimate of drug-likeness (QED) is 0.515. The summed E-state index contributed by atoms with van der Waals surface area (Å²) >= 11 is 0. The number of nitro groups is 1. The van der Waals surface area contributed by atoms with Crippen molar-refractivity contribution in [2.24, 2.45) is 0 Å². The summed E-state index contributed by atoms with van der Waals surface area (Å²) in [6.07, 6.45) is 0. The second kappa shape index (κ2) is 5.58. The summed E-state index contributed by atoms with van der Waals surface area (Å²) in [7, 11) is 0. The molecule has 0 atom stereocenters. The average Bonchev–Trinajstić information content (AvgIpc) is 2.42. The van der Waals surface area contributed by atoms with Crippen LogP contribution >= 0.6 is 0 Å². The lowest BCUT2D eigenvalue weighted by atomic mass is 10.1. The van der Waals surface area contributed by atoms with Gasteiger partial charge in [0.2, 0.25) is 0 Å². The fourth-order valence-corrected chi connectivity index (χ4v) is 1.83. The molecule has 21 heavy (non-hydrogen) atoms. The molecule has 0 bridgehead atoms. The Morgan fingerprint density at radius 2 is 2.05 bits per heavy atom. The van der Waals surface area contributed by atoms with Crippen molar-refractivity contribution in [2.45, 2.75) is 6.92 Å². The summed E-state index contributed by atoms with van der Waals surface area (Å²) in [6, 6.07) is 8.12. The molecule has 0 aliphatic carbocycles. The van der Waals surface area contributed by atoms with Crippen LogP contribution in [0.4, 0.5) is 21.5 Å². The normalized spacial score (nSPS) is 10.2. The van der Waals surface area contributed by atoms with Crippen LogP contribution in [-0.4, -0.2) is 10.8 Å². The molecule has 0 saturated carbocycles. The van der Waals surface area contributed by atoms with E-state index in [1.165, 1.54) is 30.3 Å². The van der Waals surface area contributed by atoms with Crippen LogP contribution < -0.4 is 11.1 Å². The molecule has 0 aliphatic rings. The van der Waals surface area contributed by atoms with E-state index < -0.39 is 16.6 Å². The molecule has 0 spiro atoms. The van der Waals surface area contributed by atoms with Gasteiger partial charge in [-0.05, 0) is 30.7 Å². The summed E-state index contributed by atoms with van der Waals surface area (Å²) < 4.78 is 13.6. The number of carbonyl (C=O) groups is 1. The second-order valence-corrected chi connectivity index (χ2v) is 4.43. The number of anilines is 2. The van der Waals surface area contributed by atoms with Crippen LogP contribution in [-0.2, 0) is 0 Å². The Kier molecular flexibility index (Phi) is 3.84. The molecule has 7 heteroatoms. The third-order valence-electron chi connectivity index (χ3n) is 2.89. The third-order valence-corrected chi connectivity index (χ3v) is 2.89. The lowest BCUT2D eigenvalue weighted by Gasteiger charge is -2.09. The summed E-state index contributed by atoms with van der Waals surface area (Å²) in [5.41, 5.74) is 5.66. The number of aryl methyl sites for hydroxylation is 1. The molecule has 2 aromatic rings. The van der Waals surface area contributed by atoms with Gasteiger partial charge < -0.3 is 11.1 Å². The Morgan fingerprint density at radius 1 is 1.33 bits per heavy atom. The maximum atomic E-state index is 13.6. The molecule has 0 heterocycles. The molecule has 0 aromatic heterocycles. The van der Waals surface area contributed by atoms with Crippen molar-refractivity contribution in [3.05, 3.63) is 63.5 Å². The fraction of sp³-hybridized carbons (Fsp3) is 0.0714. The van der Waals surface area contributed by atoms with Gasteiger partial charge in [0, 0.05) is 6.07 Å². The van der Waals surface area contributed by atoms with Crippen LogP contribution in [0, 0.1) is 22.9 Å². The van der Waals surface area contributed by atoms with Crippen LogP contribution in [0.3, 0.4) is 0 Å². The molecular formula is C14H12FN3O3. The molecule has 0 unspecified atom stereocenters. The first-order chi connectivity index (χ1) is 9.90. The molecule has 0 saturated heterocycles. The number of rotatable bonds is 3. The lowest BCUT2D eigenvalue weighted by molar-refractivity contribution is -0.383. The minimum absolute atomic E-state index is 0.00842. The molecular weight excluding hydrogens is 277 g/mol. The van der Waals surface area contributed by atoms with Crippen LogP contribution in [0.25, 0.3) is 0 Å². The van der Waals surface area contributed by atoms with Crippen LogP contribution in [0.5, 0.6) is 0 Å². The first-order valence-corrected chi connectivity index (χ1v) is 6.00. The lowest BCUT2D eigenvalue weighted by Crippen LogP contribution is -2.15. The number of hydrogen-bond donors (Lipinski definition) is 2. The van der Waals surface area contributed by atoms with Crippen LogP contribution in [0.1, 0.15) is 15.9 Å². The number of benzene rings is 2. The van der Waals surface area contributed by atoms with Crippen molar-refractivity contribution >= 4 is 23.0 Å². The molecule has 6 nitrogen and oxygen atoms in total. The molecule has 2 aromatic carbocycles. The minimum atomic E-state index is -0.708. The number of nitrogens with two attached hydrogens (primary N) is 1. The van der Waals surface area contributed by atoms with Gasteiger partial charge in [-0.25, -0.2) is 4.39 Å². The molecule has 3 N–H and O–H groups in total. The summed E-state index contributed by atoms with van der Waals surface area (Å²) in [6.45, 7) is 1.75. The predicted octanol–water partition coefficient (Wildman–Crippen LogP) is 2.88. The highest BCUT2D eigenvalue weighted by atomic mass is 19.1. The van der Waals surface area contributed by atoms with Crippen molar-refractivity contribution in [1.82, 2.24) is 0 Å². The largest absolute Gasteiger partial charge is 0.393 e. The molecule has 1 amide bonds. The summed E-state index contributed by atoms with van der Waals surface area (Å²) in [5, 5.41) is 13.1.